The fourth-order valence-electron chi connectivity index (χ4n) is 10.2. The van der Waals surface area contributed by atoms with Gasteiger partial charge in [0.15, 0.2) is 31.0 Å². The van der Waals surface area contributed by atoms with Crippen LogP contribution in [0.3, 0.4) is 0 Å². The number of rotatable bonds is 10. The van der Waals surface area contributed by atoms with Crippen LogP contribution in [0.5, 0.6) is 0 Å². The van der Waals surface area contributed by atoms with Crippen molar-refractivity contribution >= 4 is 0 Å². The molecule has 0 saturated carbocycles. The lowest BCUT2D eigenvalue weighted by Gasteiger charge is -2.07. The molecule has 5 aromatic carbocycles. The number of hydrogen-bond acceptors (Lipinski definition) is 0. The molecule has 0 bridgehead atoms. The summed E-state index contributed by atoms with van der Waals surface area (Å²) in [7, 11) is 9.90. The molecule has 5 heteroatoms. The molecule has 5 heterocycles. The van der Waals surface area contributed by atoms with Crippen LogP contribution in [0.25, 0.3) is 56.3 Å². The Balaban J connectivity index is 0.000000189. The zero-order valence-corrected chi connectivity index (χ0v) is 52.1. The average molecular weight is 1120 g/mol. The standard InChI is InChI=1S/3C16H20N.2C15H18N/c1-5-14-7-9-16(17(4)11-14)15-8-6-12(2)10-13(15)3;2*1-5-14-11-17(4)16(10-13(14)3)15-9-7-6-8-12(15)2;2*1-4-13-8-9-14(12(2)11-13)15-7-5-6-10-16(15)3/h3*6-11H,5H2,1-4H3;2*5-11H,4H2,1-3H3/q5*+1/i2D3,5D2;3D3,5D2;;4D2;. The molecule has 10 aromatic rings. The Morgan fingerprint density at radius 3 is 1.19 bits per heavy atom. The van der Waals surface area contributed by atoms with Gasteiger partial charge in [-0.3, -0.25) is 0 Å². The summed E-state index contributed by atoms with van der Waals surface area (Å²) in [6.07, 6.45) is 7.50. The van der Waals surface area contributed by atoms with Crippen LogP contribution < -0.4 is 22.8 Å². The first-order valence-corrected chi connectivity index (χ1v) is 28.6. The van der Waals surface area contributed by atoms with E-state index in [4.69, 9.17) is 16.4 Å². The van der Waals surface area contributed by atoms with Crippen LogP contribution in [0, 0.1) is 55.2 Å². The summed E-state index contributed by atoms with van der Waals surface area (Å²) >= 11 is 0. The van der Waals surface area contributed by atoms with Gasteiger partial charge in [-0.2, -0.15) is 0 Å². The van der Waals surface area contributed by atoms with Crippen molar-refractivity contribution in [2.75, 3.05) is 0 Å². The van der Waals surface area contributed by atoms with Gasteiger partial charge in [-0.15, -0.1) is 0 Å². The lowest BCUT2D eigenvalue weighted by atomic mass is 10.0. The van der Waals surface area contributed by atoms with Crippen molar-refractivity contribution in [1.82, 2.24) is 0 Å². The van der Waals surface area contributed by atoms with Gasteiger partial charge in [-0.1, -0.05) is 113 Å². The summed E-state index contributed by atoms with van der Waals surface area (Å²) in [6.45, 7) is 16.9. The smallest absolute Gasteiger partial charge is 0.201 e. The zero-order chi connectivity index (χ0) is 70.7. The molecule has 0 unspecified atom stereocenters. The fraction of sp³-hybridized carbons (Fsp3) is 0.295. The molecule has 0 aliphatic carbocycles. The largest absolute Gasteiger partial charge is 0.212 e. The van der Waals surface area contributed by atoms with E-state index in [1.807, 2.05) is 112 Å². The Morgan fingerprint density at radius 2 is 0.747 bits per heavy atom. The number of hydrogen-bond donors (Lipinski definition) is 0. The minimum absolute atomic E-state index is 0.0661. The summed E-state index contributed by atoms with van der Waals surface area (Å²) in [5, 5.41) is 0. The maximum absolute atomic E-state index is 7.91. The number of aromatic nitrogens is 5. The van der Waals surface area contributed by atoms with Crippen LogP contribution in [-0.2, 0) is 67.2 Å². The summed E-state index contributed by atoms with van der Waals surface area (Å²) in [5.41, 5.74) is 22.9. The molecule has 5 aromatic heterocycles. The Labute approximate surface area is 517 Å². The summed E-state index contributed by atoms with van der Waals surface area (Å²) in [4.78, 5) is 0. The second kappa shape index (κ2) is 30.8. The van der Waals surface area contributed by atoms with Gasteiger partial charge in [0.2, 0.25) is 28.5 Å². The van der Waals surface area contributed by atoms with Crippen LogP contribution in [0.15, 0.2) is 195 Å². The van der Waals surface area contributed by atoms with Crippen molar-refractivity contribution in [1.29, 1.82) is 0 Å². The molecule has 5 nitrogen and oxygen atoms in total. The molecule has 0 amide bonds. The molecule has 83 heavy (non-hydrogen) atoms. The second-order valence-electron chi connectivity index (χ2n) is 21.2. The first-order valence-electron chi connectivity index (χ1n) is 34.6. The highest BCUT2D eigenvalue weighted by Gasteiger charge is 2.18. The van der Waals surface area contributed by atoms with E-state index in [0.29, 0.717) is 11.1 Å². The van der Waals surface area contributed by atoms with Gasteiger partial charge in [0, 0.05) is 103 Å². The van der Waals surface area contributed by atoms with Crippen molar-refractivity contribution in [3.8, 4) is 56.3 Å². The van der Waals surface area contributed by atoms with E-state index in [1.165, 1.54) is 64.2 Å². The molecule has 0 aliphatic heterocycles. The monoisotopic (exact) mass is 1110 g/mol. The number of aryl methyl sites for hydroxylation is 18. The molecule has 428 valence electrons. The number of nitrogens with zero attached hydrogens (tertiary/aromatic N) is 5. The third kappa shape index (κ3) is 17.0. The van der Waals surface area contributed by atoms with Gasteiger partial charge >= 0.3 is 0 Å². The topological polar surface area (TPSA) is 19.4 Å². The molecule has 0 atom stereocenters. The SMILES string of the molecule is CCc1c[n+](C)c(-c2ccccc2C)cc1C.CCc1ccc(-c2cccc[n+]2C)c(C)c1.[2H]C([2H])(C)c1ccc(-c2cccc[n+]2C)c(C)c1.[2H]C([2H])([2H])c1cc(-c2ccccc2C)[n+](C)cc1C([2H])([2H])C.[2H]C([2H])([2H])c1ccc(-c2ccc(C([2H])([2H])C)c[n+]2C)c(C)c1. The van der Waals surface area contributed by atoms with Crippen molar-refractivity contribution in [3.63, 3.8) is 0 Å². The summed E-state index contributed by atoms with van der Waals surface area (Å²) in [5.74, 6) is 0. The number of pyridine rings is 5. The minimum Gasteiger partial charge on any atom is -0.201 e. The Bertz CT molecular complexity index is 4220. The van der Waals surface area contributed by atoms with E-state index < -0.39 is 32.8 Å². The highest BCUT2D eigenvalue weighted by Crippen LogP contribution is 2.26. The lowest BCUT2D eigenvalue weighted by molar-refractivity contribution is -0.661. The van der Waals surface area contributed by atoms with Crippen molar-refractivity contribution in [3.05, 3.63) is 267 Å². The Morgan fingerprint density at radius 1 is 0.313 bits per heavy atom. The normalized spacial score (nSPS) is 13.5. The highest BCUT2D eigenvalue weighted by atomic mass is 14.9. The van der Waals surface area contributed by atoms with E-state index >= 15 is 0 Å². The van der Waals surface area contributed by atoms with Crippen molar-refractivity contribution in [2.24, 2.45) is 35.2 Å². The molecular formula is C78H96N5+5. The molecule has 0 N–H and O–H groups in total. The van der Waals surface area contributed by atoms with E-state index in [9.17, 15) is 0 Å². The predicted molar refractivity (Wildman–Crippen MR) is 350 cm³/mol. The maximum atomic E-state index is 7.91. The highest BCUT2D eigenvalue weighted by molar-refractivity contribution is 5.65. The van der Waals surface area contributed by atoms with Gasteiger partial charge in [-0.05, 0) is 186 Å². The fourth-order valence-corrected chi connectivity index (χ4v) is 10.2. The van der Waals surface area contributed by atoms with Gasteiger partial charge in [0.25, 0.3) is 0 Å². The predicted octanol–water partition coefficient (Wildman–Crippen LogP) is 16.2. The molecular weight excluding hydrogens is 1010 g/mol. The zero-order valence-electron chi connectivity index (χ0n) is 64.1. The molecule has 0 radical (unpaired) electrons. The van der Waals surface area contributed by atoms with Crippen molar-refractivity contribution in [2.45, 2.75) is 122 Å². The first-order chi connectivity index (χ1) is 44.3. The van der Waals surface area contributed by atoms with Crippen LogP contribution in [0.4, 0.5) is 0 Å². The van der Waals surface area contributed by atoms with E-state index in [-0.39, 0.29) is 11.1 Å². The second-order valence-corrected chi connectivity index (χ2v) is 21.2. The number of benzene rings is 5. The maximum Gasteiger partial charge on any atom is 0.212 e. The summed E-state index contributed by atoms with van der Waals surface area (Å²) in [6, 6.07) is 53.9. The summed E-state index contributed by atoms with van der Waals surface area (Å²) < 4.78 is 103. The van der Waals surface area contributed by atoms with Crippen LogP contribution in [0.2, 0.25) is 0 Å². The van der Waals surface area contributed by atoms with Crippen LogP contribution in [0.1, 0.15) is 123 Å². The van der Waals surface area contributed by atoms with Crippen LogP contribution >= 0.6 is 0 Å². The Hall–Kier alpha value is -8.15. The molecule has 0 saturated heterocycles. The van der Waals surface area contributed by atoms with Crippen molar-refractivity contribution < 1.29 is 39.3 Å². The van der Waals surface area contributed by atoms with Gasteiger partial charge in [0.1, 0.15) is 35.2 Å². The first kappa shape index (κ1) is 48.4. The van der Waals surface area contributed by atoms with Gasteiger partial charge in [0.05, 0.1) is 0 Å². The van der Waals surface area contributed by atoms with E-state index in [1.54, 1.807) is 55.2 Å². The van der Waals surface area contributed by atoms with E-state index in [0.717, 1.165) is 68.9 Å². The quantitative estimate of drug-likeness (QED) is 0.122. The molecule has 0 fully saturated rings. The Kier molecular flexibility index (Phi) is 17.9. The lowest BCUT2D eigenvalue weighted by Crippen LogP contribution is -2.32. The molecule has 10 rings (SSSR count). The average Bonchev–Trinajstić information content (AvgIpc) is 0.786. The van der Waals surface area contributed by atoms with Crippen LogP contribution in [-0.4, -0.2) is 0 Å². The third-order valence-corrected chi connectivity index (χ3v) is 15.2. The molecule has 0 aliphatic rings. The third-order valence-electron chi connectivity index (χ3n) is 15.2. The van der Waals surface area contributed by atoms with E-state index in [2.05, 4.69) is 148 Å². The van der Waals surface area contributed by atoms with Gasteiger partial charge in [-0.25, -0.2) is 22.8 Å². The van der Waals surface area contributed by atoms with Gasteiger partial charge < -0.3 is 0 Å². The molecule has 0 spiro atoms. The minimum atomic E-state index is -2.36.